The first-order chi connectivity index (χ1) is 15.8. The molecule has 9 heteroatoms. The standard InChI is InChI=1S/C24H19BrN4O4/c1-15-4-3-5-17(10-15)14-33-23-9-7-20(29(31)32)11-18(23)13-26-28-16(2)27-22-8-6-19(25)12-21(22)24(28)30/h3-13H,14H2,1-2H3. The number of aryl methyl sites for hydroxylation is 2. The lowest BCUT2D eigenvalue weighted by Crippen LogP contribution is -2.20. The highest BCUT2D eigenvalue weighted by molar-refractivity contribution is 9.10. The molecule has 0 aliphatic heterocycles. The maximum atomic E-state index is 13.0. The summed E-state index contributed by atoms with van der Waals surface area (Å²) < 4.78 is 7.84. The summed E-state index contributed by atoms with van der Waals surface area (Å²) in [6.45, 7) is 3.94. The zero-order valence-corrected chi connectivity index (χ0v) is 19.4. The molecular formula is C24H19BrN4O4. The molecule has 0 amide bonds. The van der Waals surface area contributed by atoms with Crippen LogP contribution in [0.2, 0.25) is 0 Å². The van der Waals surface area contributed by atoms with Crippen molar-refractivity contribution in [2.45, 2.75) is 20.5 Å². The zero-order valence-electron chi connectivity index (χ0n) is 17.9. The first-order valence-corrected chi connectivity index (χ1v) is 10.8. The van der Waals surface area contributed by atoms with E-state index in [4.69, 9.17) is 4.74 Å². The summed E-state index contributed by atoms with van der Waals surface area (Å²) >= 11 is 3.36. The van der Waals surface area contributed by atoms with Gasteiger partial charge < -0.3 is 4.74 Å². The minimum atomic E-state index is -0.492. The van der Waals surface area contributed by atoms with Gasteiger partial charge >= 0.3 is 0 Å². The maximum absolute atomic E-state index is 13.0. The number of nitro benzene ring substituents is 1. The summed E-state index contributed by atoms with van der Waals surface area (Å²) in [7, 11) is 0. The number of fused-ring (bicyclic) bond motifs is 1. The van der Waals surface area contributed by atoms with Gasteiger partial charge in [-0.15, -0.1) is 0 Å². The molecule has 0 saturated carbocycles. The van der Waals surface area contributed by atoms with Crippen LogP contribution in [0.1, 0.15) is 22.5 Å². The lowest BCUT2D eigenvalue weighted by atomic mass is 10.1. The van der Waals surface area contributed by atoms with E-state index in [1.807, 2.05) is 37.3 Å². The topological polar surface area (TPSA) is 99.6 Å². The van der Waals surface area contributed by atoms with Gasteiger partial charge in [0.25, 0.3) is 11.2 Å². The van der Waals surface area contributed by atoms with Crippen LogP contribution in [0.4, 0.5) is 5.69 Å². The van der Waals surface area contributed by atoms with Gasteiger partial charge in [-0.1, -0.05) is 45.8 Å². The van der Waals surface area contributed by atoms with Crippen LogP contribution in [0.25, 0.3) is 10.9 Å². The van der Waals surface area contributed by atoms with Crippen molar-refractivity contribution < 1.29 is 9.66 Å². The molecule has 33 heavy (non-hydrogen) atoms. The first kappa shape index (κ1) is 22.3. The number of non-ortho nitro benzene ring substituents is 1. The molecule has 166 valence electrons. The molecule has 0 N–H and O–H groups in total. The predicted molar refractivity (Wildman–Crippen MR) is 130 cm³/mol. The van der Waals surface area contributed by atoms with Crippen molar-refractivity contribution in [1.82, 2.24) is 9.66 Å². The van der Waals surface area contributed by atoms with Gasteiger partial charge in [-0.05, 0) is 43.7 Å². The molecule has 0 aliphatic rings. The van der Waals surface area contributed by atoms with Crippen LogP contribution >= 0.6 is 15.9 Å². The second-order valence-corrected chi connectivity index (χ2v) is 8.35. The maximum Gasteiger partial charge on any atom is 0.282 e. The van der Waals surface area contributed by atoms with Gasteiger partial charge in [-0.25, -0.2) is 4.98 Å². The van der Waals surface area contributed by atoms with Crippen LogP contribution < -0.4 is 10.3 Å². The number of halogens is 1. The lowest BCUT2D eigenvalue weighted by Gasteiger charge is -2.10. The van der Waals surface area contributed by atoms with E-state index in [-0.39, 0.29) is 17.9 Å². The Morgan fingerprint density at radius 3 is 2.73 bits per heavy atom. The van der Waals surface area contributed by atoms with Gasteiger partial charge in [0.05, 0.1) is 22.0 Å². The van der Waals surface area contributed by atoms with Gasteiger partial charge in [0.1, 0.15) is 18.2 Å². The van der Waals surface area contributed by atoms with Crippen molar-refractivity contribution in [2.75, 3.05) is 0 Å². The summed E-state index contributed by atoms with van der Waals surface area (Å²) in [5.74, 6) is 0.798. The van der Waals surface area contributed by atoms with Crippen LogP contribution in [0.5, 0.6) is 5.75 Å². The Morgan fingerprint density at radius 2 is 1.97 bits per heavy atom. The lowest BCUT2D eigenvalue weighted by molar-refractivity contribution is -0.384. The second-order valence-electron chi connectivity index (χ2n) is 7.44. The molecule has 1 aromatic heterocycles. The van der Waals surface area contributed by atoms with Gasteiger partial charge in [0, 0.05) is 22.2 Å². The number of nitrogens with zero attached hydrogens (tertiary/aromatic N) is 4. The number of ether oxygens (including phenoxy) is 1. The highest BCUT2D eigenvalue weighted by Crippen LogP contribution is 2.24. The van der Waals surface area contributed by atoms with E-state index in [1.165, 1.54) is 24.4 Å². The Hall–Kier alpha value is -3.85. The Bertz CT molecular complexity index is 1460. The van der Waals surface area contributed by atoms with Crippen LogP contribution in [0.3, 0.4) is 0 Å². The van der Waals surface area contributed by atoms with Crippen molar-refractivity contribution >= 4 is 38.7 Å². The smallest absolute Gasteiger partial charge is 0.282 e. The molecular weight excluding hydrogens is 488 g/mol. The molecule has 4 aromatic rings. The highest BCUT2D eigenvalue weighted by atomic mass is 79.9. The van der Waals surface area contributed by atoms with Gasteiger partial charge in [0.2, 0.25) is 0 Å². The van der Waals surface area contributed by atoms with Crippen molar-refractivity contribution in [3.05, 3.63) is 108 Å². The van der Waals surface area contributed by atoms with Crippen molar-refractivity contribution in [3.8, 4) is 5.75 Å². The van der Waals surface area contributed by atoms with E-state index >= 15 is 0 Å². The molecule has 8 nitrogen and oxygen atoms in total. The van der Waals surface area contributed by atoms with Crippen molar-refractivity contribution in [1.29, 1.82) is 0 Å². The molecule has 0 bridgehead atoms. The third kappa shape index (κ3) is 4.98. The van der Waals surface area contributed by atoms with E-state index in [2.05, 4.69) is 26.0 Å². The second kappa shape index (κ2) is 9.33. The van der Waals surface area contributed by atoms with E-state index in [0.29, 0.717) is 28.0 Å². The fourth-order valence-corrected chi connectivity index (χ4v) is 3.72. The van der Waals surface area contributed by atoms with Crippen LogP contribution in [-0.2, 0) is 6.61 Å². The quantitative estimate of drug-likeness (QED) is 0.204. The highest BCUT2D eigenvalue weighted by Gasteiger charge is 2.12. The van der Waals surface area contributed by atoms with Crippen LogP contribution in [-0.4, -0.2) is 20.8 Å². The number of hydrogen-bond acceptors (Lipinski definition) is 6. The Morgan fingerprint density at radius 1 is 1.15 bits per heavy atom. The van der Waals surface area contributed by atoms with Gasteiger partial charge in [-0.3, -0.25) is 14.9 Å². The average Bonchev–Trinajstić information content (AvgIpc) is 2.78. The molecule has 0 unspecified atom stereocenters. The Kier molecular flexibility index (Phi) is 6.32. The molecule has 4 rings (SSSR count). The van der Waals surface area contributed by atoms with E-state index in [9.17, 15) is 14.9 Å². The molecule has 0 atom stereocenters. The molecule has 0 fully saturated rings. The molecule has 0 spiro atoms. The van der Waals surface area contributed by atoms with Gasteiger partial charge in [-0.2, -0.15) is 9.78 Å². The van der Waals surface area contributed by atoms with Gasteiger partial charge in [0.15, 0.2) is 0 Å². The normalized spacial score (nSPS) is 11.2. The number of rotatable bonds is 6. The minimum absolute atomic E-state index is 0.107. The summed E-state index contributed by atoms with van der Waals surface area (Å²) in [5, 5.41) is 16.0. The molecule has 3 aromatic carbocycles. The summed E-state index contributed by atoms with van der Waals surface area (Å²) in [5.41, 5.74) is 2.55. The predicted octanol–water partition coefficient (Wildman–Crippen LogP) is 5.15. The van der Waals surface area contributed by atoms with E-state index in [1.54, 1.807) is 19.1 Å². The average molecular weight is 507 g/mol. The van der Waals surface area contributed by atoms with E-state index < -0.39 is 4.92 Å². The number of nitro groups is 1. The third-order valence-electron chi connectivity index (χ3n) is 4.96. The Balaban J connectivity index is 1.72. The first-order valence-electron chi connectivity index (χ1n) is 10.0. The summed E-state index contributed by atoms with van der Waals surface area (Å²) in [6.07, 6.45) is 1.37. The summed E-state index contributed by atoms with van der Waals surface area (Å²) in [4.78, 5) is 28.2. The zero-order chi connectivity index (χ0) is 23.5. The van der Waals surface area contributed by atoms with Crippen LogP contribution in [0, 0.1) is 24.0 Å². The fraction of sp³-hybridized carbons (Fsp3) is 0.125. The number of benzene rings is 3. The largest absolute Gasteiger partial charge is 0.488 e. The monoisotopic (exact) mass is 506 g/mol. The molecule has 0 saturated heterocycles. The third-order valence-corrected chi connectivity index (χ3v) is 5.46. The number of aromatic nitrogens is 2. The molecule has 1 heterocycles. The fourth-order valence-electron chi connectivity index (χ4n) is 3.36. The SMILES string of the molecule is Cc1cccc(COc2ccc([N+](=O)[O-])cc2C=Nn2c(C)nc3ccc(Br)cc3c2=O)c1. The van der Waals surface area contributed by atoms with Crippen molar-refractivity contribution in [3.63, 3.8) is 0 Å². The number of hydrogen-bond donors (Lipinski definition) is 0. The van der Waals surface area contributed by atoms with Crippen LogP contribution in [0.15, 0.2) is 75.0 Å². The Labute approximate surface area is 197 Å². The minimum Gasteiger partial charge on any atom is -0.488 e. The summed E-state index contributed by atoms with van der Waals surface area (Å²) in [6, 6.07) is 17.4. The molecule has 0 aliphatic carbocycles. The van der Waals surface area contributed by atoms with E-state index in [0.717, 1.165) is 20.3 Å². The molecule has 0 radical (unpaired) electrons. The van der Waals surface area contributed by atoms with Crippen molar-refractivity contribution in [2.24, 2.45) is 5.10 Å².